The van der Waals surface area contributed by atoms with Gasteiger partial charge in [-0.15, -0.1) is 10.2 Å². The SMILES string of the molecule is Cc1cc(Cl)c(Cl)c(-c2nnc(NC3CN(C(=O)OC(C)(C)C)C3)nc2N)c1. The lowest BCUT2D eigenvalue weighted by Crippen LogP contribution is -2.58. The number of nitrogen functional groups attached to an aromatic ring is 1. The number of rotatable bonds is 3. The van der Waals surface area contributed by atoms with Gasteiger partial charge in [0.2, 0.25) is 5.95 Å². The average Bonchev–Trinajstić information content (AvgIpc) is 2.52. The number of ether oxygens (including phenoxy) is 1. The van der Waals surface area contributed by atoms with Crippen LogP contribution >= 0.6 is 23.2 Å². The third kappa shape index (κ3) is 4.56. The molecule has 1 aliphatic heterocycles. The fourth-order valence-corrected chi connectivity index (χ4v) is 3.19. The highest BCUT2D eigenvalue weighted by Crippen LogP contribution is 2.35. The van der Waals surface area contributed by atoms with Crippen molar-refractivity contribution < 1.29 is 9.53 Å². The molecule has 8 nitrogen and oxygen atoms in total. The Balaban J connectivity index is 1.66. The summed E-state index contributed by atoms with van der Waals surface area (Å²) in [6.45, 7) is 8.36. The van der Waals surface area contributed by atoms with Gasteiger partial charge in [-0.05, 0) is 45.4 Å². The Labute approximate surface area is 173 Å². The summed E-state index contributed by atoms with van der Waals surface area (Å²) in [5.74, 6) is 0.467. The minimum Gasteiger partial charge on any atom is -0.444 e. The topological polar surface area (TPSA) is 106 Å². The van der Waals surface area contributed by atoms with Crippen LogP contribution in [0.3, 0.4) is 0 Å². The highest BCUT2D eigenvalue weighted by atomic mass is 35.5. The van der Waals surface area contributed by atoms with E-state index in [1.165, 1.54) is 0 Å². The molecule has 0 unspecified atom stereocenters. The quantitative estimate of drug-likeness (QED) is 0.771. The van der Waals surface area contributed by atoms with Crippen molar-refractivity contribution in [2.24, 2.45) is 0 Å². The number of likely N-dealkylation sites (tertiary alicyclic amines) is 1. The zero-order valence-electron chi connectivity index (χ0n) is 16.1. The second-order valence-electron chi connectivity index (χ2n) is 7.70. The zero-order valence-corrected chi connectivity index (χ0v) is 17.6. The lowest BCUT2D eigenvalue weighted by Gasteiger charge is -2.39. The Morgan fingerprint density at radius 2 is 1.96 bits per heavy atom. The molecular weight excluding hydrogens is 403 g/mol. The number of hydrogen-bond acceptors (Lipinski definition) is 7. The molecule has 0 atom stereocenters. The summed E-state index contributed by atoms with van der Waals surface area (Å²) < 4.78 is 5.33. The van der Waals surface area contributed by atoms with E-state index in [2.05, 4.69) is 20.5 Å². The van der Waals surface area contributed by atoms with Gasteiger partial charge < -0.3 is 20.7 Å². The molecule has 0 radical (unpaired) electrons. The van der Waals surface area contributed by atoms with Crippen LogP contribution in [0.2, 0.25) is 10.0 Å². The molecule has 0 bridgehead atoms. The first-order valence-electron chi connectivity index (χ1n) is 8.74. The molecule has 2 aromatic rings. The van der Waals surface area contributed by atoms with Crippen molar-refractivity contribution in [3.05, 3.63) is 27.7 Å². The van der Waals surface area contributed by atoms with Gasteiger partial charge in [0.15, 0.2) is 5.82 Å². The van der Waals surface area contributed by atoms with E-state index in [4.69, 9.17) is 33.7 Å². The maximum atomic E-state index is 12.0. The van der Waals surface area contributed by atoms with Crippen LogP contribution in [-0.4, -0.2) is 50.9 Å². The van der Waals surface area contributed by atoms with Crippen molar-refractivity contribution in [3.8, 4) is 11.3 Å². The molecule has 0 saturated carbocycles. The van der Waals surface area contributed by atoms with Gasteiger partial charge in [0.25, 0.3) is 0 Å². The van der Waals surface area contributed by atoms with E-state index < -0.39 is 5.60 Å². The predicted octanol–water partition coefficient (Wildman–Crippen LogP) is 3.77. The van der Waals surface area contributed by atoms with E-state index in [0.29, 0.717) is 34.4 Å². The van der Waals surface area contributed by atoms with E-state index in [1.54, 1.807) is 11.0 Å². The van der Waals surface area contributed by atoms with Crippen LogP contribution in [0, 0.1) is 6.92 Å². The number of halogens is 2. The number of nitrogens with one attached hydrogen (secondary N) is 1. The van der Waals surface area contributed by atoms with Crippen LogP contribution in [0.1, 0.15) is 26.3 Å². The molecular formula is C18H22Cl2N6O2. The molecule has 0 spiro atoms. The molecule has 28 heavy (non-hydrogen) atoms. The fourth-order valence-electron chi connectivity index (χ4n) is 2.72. The van der Waals surface area contributed by atoms with Crippen molar-refractivity contribution in [1.29, 1.82) is 0 Å². The standard InChI is InChI=1S/C18H22Cl2N6O2/c1-9-5-11(13(20)12(19)6-9)14-15(21)23-16(25-24-14)22-10-7-26(8-10)17(27)28-18(2,3)4/h5-6,10H,7-8H2,1-4H3,(H3,21,22,23,25). The van der Waals surface area contributed by atoms with Crippen molar-refractivity contribution >= 4 is 41.1 Å². The first-order chi connectivity index (χ1) is 13.0. The van der Waals surface area contributed by atoms with E-state index in [9.17, 15) is 4.79 Å². The Morgan fingerprint density at radius 3 is 2.57 bits per heavy atom. The number of nitrogens with zero attached hydrogens (tertiary/aromatic N) is 4. The summed E-state index contributed by atoms with van der Waals surface area (Å²) in [7, 11) is 0. The van der Waals surface area contributed by atoms with Gasteiger partial charge in [0, 0.05) is 18.7 Å². The Hall–Kier alpha value is -2.32. The van der Waals surface area contributed by atoms with Gasteiger partial charge in [-0.25, -0.2) is 4.79 Å². The molecule has 1 amide bonds. The fraction of sp³-hybridized carbons (Fsp3) is 0.444. The second-order valence-corrected chi connectivity index (χ2v) is 8.49. The minimum absolute atomic E-state index is 0.00318. The van der Waals surface area contributed by atoms with E-state index in [0.717, 1.165) is 5.56 Å². The smallest absolute Gasteiger partial charge is 0.410 e. The van der Waals surface area contributed by atoms with E-state index in [-0.39, 0.29) is 23.9 Å². The summed E-state index contributed by atoms with van der Waals surface area (Å²) in [6.07, 6.45) is -0.342. The van der Waals surface area contributed by atoms with Crippen LogP contribution < -0.4 is 11.1 Å². The molecule has 10 heteroatoms. The number of amides is 1. The molecule has 3 rings (SSSR count). The molecule has 1 aromatic carbocycles. The molecule has 0 aliphatic carbocycles. The number of carbonyl (C=O) groups is 1. The van der Waals surface area contributed by atoms with Gasteiger partial charge >= 0.3 is 6.09 Å². The van der Waals surface area contributed by atoms with Gasteiger partial charge in [0.1, 0.15) is 11.3 Å². The van der Waals surface area contributed by atoms with Crippen LogP contribution in [0.25, 0.3) is 11.3 Å². The summed E-state index contributed by atoms with van der Waals surface area (Å²) in [4.78, 5) is 17.8. The lowest BCUT2D eigenvalue weighted by atomic mass is 10.1. The molecule has 1 saturated heterocycles. The predicted molar refractivity (Wildman–Crippen MR) is 110 cm³/mol. The van der Waals surface area contributed by atoms with Crippen molar-refractivity contribution in [1.82, 2.24) is 20.1 Å². The lowest BCUT2D eigenvalue weighted by molar-refractivity contribution is 0.0104. The van der Waals surface area contributed by atoms with Crippen LogP contribution in [0.15, 0.2) is 12.1 Å². The van der Waals surface area contributed by atoms with Gasteiger partial charge in [-0.1, -0.05) is 23.2 Å². The second kappa shape index (κ2) is 7.60. The Kier molecular flexibility index (Phi) is 5.54. The number of aryl methyl sites for hydroxylation is 1. The van der Waals surface area contributed by atoms with E-state index >= 15 is 0 Å². The monoisotopic (exact) mass is 424 g/mol. The van der Waals surface area contributed by atoms with Gasteiger partial charge in [-0.2, -0.15) is 4.98 Å². The summed E-state index contributed by atoms with van der Waals surface area (Å²) >= 11 is 12.4. The van der Waals surface area contributed by atoms with Gasteiger partial charge in [0.05, 0.1) is 16.1 Å². The van der Waals surface area contributed by atoms with Crippen LogP contribution in [-0.2, 0) is 4.74 Å². The van der Waals surface area contributed by atoms with Crippen molar-refractivity contribution in [2.75, 3.05) is 24.1 Å². The highest BCUT2D eigenvalue weighted by Gasteiger charge is 2.34. The molecule has 1 fully saturated rings. The minimum atomic E-state index is -0.521. The average molecular weight is 425 g/mol. The maximum absolute atomic E-state index is 12.0. The third-order valence-electron chi connectivity index (χ3n) is 4.01. The first kappa shape index (κ1) is 20.4. The maximum Gasteiger partial charge on any atom is 0.410 e. The highest BCUT2D eigenvalue weighted by molar-refractivity contribution is 6.43. The molecule has 3 N–H and O–H groups in total. The summed E-state index contributed by atoms with van der Waals surface area (Å²) in [6, 6.07) is 3.58. The number of nitrogens with two attached hydrogens (primary N) is 1. The molecule has 1 aromatic heterocycles. The number of carbonyl (C=O) groups excluding carboxylic acids is 1. The normalized spacial score (nSPS) is 14.6. The number of anilines is 2. The van der Waals surface area contributed by atoms with Crippen molar-refractivity contribution in [3.63, 3.8) is 0 Å². The molecule has 150 valence electrons. The van der Waals surface area contributed by atoms with Crippen molar-refractivity contribution in [2.45, 2.75) is 39.3 Å². The third-order valence-corrected chi connectivity index (χ3v) is 4.81. The number of hydrogen-bond donors (Lipinski definition) is 2. The Morgan fingerprint density at radius 1 is 1.29 bits per heavy atom. The summed E-state index contributed by atoms with van der Waals surface area (Å²) in [5.41, 5.74) is 7.41. The van der Waals surface area contributed by atoms with Gasteiger partial charge in [-0.3, -0.25) is 0 Å². The first-order valence-corrected chi connectivity index (χ1v) is 9.50. The molecule has 2 heterocycles. The summed E-state index contributed by atoms with van der Waals surface area (Å²) in [5, 5.41) is 12.1. The number of benzene rings is 1. The van der Waals surface area contributed by atoms with E-state index in [1.807, 2.05) is 33.8 Å². The van der Waals surface area contributed by atoms with Crippen LogP contribution in [0.4, 0.5) is 16.6 Å². The number of aromatic nitrogens is 3. The zero-order chi connectivity index (χ0) is 20.6. The largest absolute Gasteiger partial charge is 0.444 e. The Bertz CT molecular complexity index is 910. The van der Waals surface area contributed by atoms with Crippen LogP contribution in [0.5, 0.6) is 0 Å². The molecule has 1 aliphatic rings.